The highest BCUT2D eigenvalue weighted by Crippen LogP contribution is 2.22. The first-order valence-corrected chi connectivity index (χ1v) is 6.34. The van der Waals surface area contributed by atoms with Gasteiger partial charge in [0, 0.05) is 30.3 Å². The number of carboxylic acid groups (broad SMARTS) is 1. The lowest BCUT2D eigenvalue weighted by molar-refractivity contribution is 0.0698. The zero-order chi connectivity index (χ0) is 14.5. The van der Waals surface area contributed by atoms with Gasteiger partial charge in [-0.2, -0.15) is 0 Å². The zero-order valence-electron chi connectivity index (χ0n) is 11.3. The molecule has 4 N–H and O–H groups in total. The average molecular weight is 271 g/mol. The van der Waals surface area contributed by atoms with Crippen LogP contribution in [0.4, 0.5) is 11.4 Å². The molecule has 0 aliphatic rings. The topological polar surface area (TPSA) is 88.2 Å². The van der Waals surface area contributed by atoms with Gasteiger partial charge in [-0.15, -0.1) is 0 Å². The fraction of sp³-hybridized carbons (Fsp3) is 0.200. The molecule has 5 heteroatoms. The Kier molecular flexibility index (Phi) is 4.20. The maximum absolute atomic E-state index is 11.1. The fourth-order valence-corrected chi connectivity index (χ4v) is 1.98. The molecule has 1 heterocycles. The fourth-order valence-electron chi connectivity index (χ4n) is 1.98. The molecule has 2 aromatic rings. The summed E-state index contributed by atoms with van der Waals surface area (Å²) in [5, 5.41) is 12.3. The number of nitrogens with one attached hydrogen (secondary N) is 1. The summed E-state index contributed by atoms with van der Waals surface area (Å²) in [6, 6.07) is 7.34. The third kappa shape index (κ3) is 3.26. The Balaban J connectivity index is 2.05. The SMILES string of the molecule is Cc1cc(NCCc2ccncc2)cc(C(=O)O)c1N. The monoisotopic (exact) mass is 271 g/mol. The number of aromatic nitrogens is 1. The van der Waals surface area contributed by atoms with Crippen molar-refractivity contribution in [1.82, 2.24) is 4.98 Å². The number of nitrogen functional groups attached to an aromatic ring is 1. The predicted molar refractivity (Wildman–Crippen MR) is 79.0 cm³/mol. The zero-order valence-corrected chi connectivity index (χ0v) is 11.3. The third-order valence-electron chi connectivity index (χ3n) is 3.11. The first kappa shape index (κ1) is 13.9. The Hall–Kier alpha value is -2.56. The van der Waals surface area contributed by atoms with Crippen LogP contribution in [0.15, 0.2) is 36.7 Å². The van der Waals surface area contributed by atoms with Gasteiger partial charge in [-0.25, -0.2) is 4.79 Å². The number of pyridine rings is 1. The van der Waals surface area contributed by atoms with Crippen LogP contribution >= 0.6 is 0 Å². The third-order valence-corrected chi connectivity index (χ3v) is 3.11. The number of rotatable bonds is 5. The second-order valence-corrected chi connectivity index (χ2v) is 4.59. The molecule has 0 aliphatic carbocycles. The van der Waals surface area contributed by atoms with Gasteiger partial charge in [0.1, 0.15) is 0 Å². The smallest absolute Gasteiger partial charge is 0.337 e. The van der Waals surface area contributed by atoms with Crippen molar-refractivity contribution >= 4 is 17.3 Å². The molecular formula is C15H17N3O2. The molecule has 0 unspecified atom stereocenters. The lowest BCUT2D eigenvalue weighted by atomic mass is 10.1. The van der Waals surface area contributed by atoms with E-state index >= 15 is 0 Å². The van der Waals surface area contributed by atoms with Crippen molar-refractivity contribution in [3.8, 4) is 0 Å². The van der Waals surface area contributed by atoms with Gasteiger partial charge in [0.15, 0.2) is 0 Å². The summed E-state index contributed by atoms with van der Waals surface area (Å²) in [6.45, 7) is 2.52. The first-order valence-electron chi connectivity index (χ1n) is 6.34. The van der Waals surface area contributed by atoms with E-state index in [2.05, 4.69) is 10.3 Å². The average Bonchev–Trinajstić information content (AvgIpc) is 2.43. The van der Waals surface area contributed by atoms with Gasteiger partial charge >= 0.3 is 5.97 Å². The van der Waals surface area contributed by atoms with Crippen LogP contribution in [0.5, 0.6) is 0 Å². The molecule has 0 bridgehead atoms. The maximum atomic E-state index is 11.1. The summed E-state index contributed by atoms with van der Waals surface area (Å²) in [4.78, 5) is 15.1. The molecule has 5 nitrogen and oxygen atoms in total. The van der Waals surface area contributed by atoms with Crippen LogP contribution in [0, 0.1) is 6.92 Å². The van der Waals surface area contributed by atoms with E-state index in [9.17, 15) is 4.79 Å². The summed E-state index contributed by atoms with van der Waals surface area (Å²) >= 11 is 0. The molecule has 104 valence electrons. The molecule has 20 heavy (non-hydrogen) atoms. The number of hydrogen-bond acceptors (Lipinski definition) is 4. The Labute approximate surface area is 117 Å². The Bertz CT molecular complexity index is 612. The molecule has 0 fully saturated rings. The Morgan fingerprint density at radius 2 is 2.05 bits per heavy atom. The lowest BCUT2D eigenvalue weighted by Gasteiger charge is -2.11. The van der Waals surface area contributed by atoms with Crippen molar-refractivity contribution in [1.29, 1.82) is 0 Å². The normalized spacial score (nSPS) is 10.2. The number of carboxylic acids is 1. The number of anilines is 2. The van der Waals surface area contributed by atoms with E-state index in [1.165, 1.54) is 5.56 Å². The minimum atomic E-state index is -1.01. The number of hydrogen-bond donors (Lipinski definition) is 3. The number of benzene rings is 1. The van der Waals surface area contributed by atoms with E-state index in [0.29, 0.717) is 12.2 Å². The van der Waals surface area contributed by atoms with Gasteiger partial charge in [-0.05, 0) is 48.7 Å². The highest BCUT2D eigenvalue weighted by atomic mass is 16.4. The van der Waals surface area contributed by atoms with Crippen LogP contribution in [0.1, 0.15) is 21.5 Å². The van der Waals surface area contributed by atoms with Crippen molar-refractivity contribution in [3.63, 3.8) is 0 Å². The number of aryl methyl sites for hydroxylation is 1. The minimum Gasteiger partial charge on any atom is -0.478 e. The highest BCUT2D eigenvalue weighted by Gasteiger charge is 2.11. The molecule has 0 saturated heterocycles. The number of nitrogens with zero attached hydrogens (tertiary/aromatic N) is 1. The number of nitrogens with two attached hydrogens (primary N) is 1. The van der Waals surface area contributed by atoms with Crippen LogP contribution in [-0.4, -0.2) is 22.6 Å². The van der Waals surface area contributed by atoms with Gasteiger partial charge in [0.05, 0.1) is 5.56 Å². The standard InChI is InChI=1S/C15H17N3O2/c1-10-8-12(9-13(14(10)16)15(19)20)18-7-4-11-2-5-17-6-3-11/h2-3,5-6,8-9,18H,4,7,16H2,1H3,(H,19,20). The van der Waals surface area contributed by atoms with E-state index in [-0.39, 0.29) is 5.56 Å². The Morgan fingerprint density at radius 1 is 1.35 bits per heavy atom. The van der Waals surface area contributed by atoms with Gasteiger partial charge in [0.2, 0.25) is 0 Å². The van der Waals surface area contributed by atoms with Crippen molar-refractivity contribution in [2.45, 2.75) is 13.3 Å². The van der Waals surface area contributed by atoms with Crippen LogP contribution < -0.4 is 11.1 Å². The van der Waals surface area contributed by atoms with Gasteiger partial charge in [-0.3, -0.25) is 4.98 Å². The van der Waals surface area contributed by atoms with Crippen molar-refractivity contribution < 1.29 is 9.90 Å². The van der Waals surface area contributed by atoms with Crippen LogP contribution in [0.3, 0.4) is 0 Å². The van der Waals surface area contributed by atoms with Gasteiger partial charge in [0.25, 0.3) is 0 Å². The quantitative estimate of drug-likeness (QED) is 0.726. The molecular weight excluding hydrogens is 254 g/mol. The summed E-state index contributed by atoms with van der Waals surface area (Å²) in [5.74, 6) is -1.01. The molecule has 0 spiro atoms. The van der Waals surface area contributed by atoms with Gasteiger partial charge < -0.3 is 16.2 Å². The van der Waals surface area contributed by atoms with Crippen LogP contribution in [0.25, 0.3) is 0 Å². The summed E-state index contributed by atoms with van der Waals surface area (Å²) in [5.41, 5.74) is 8.92. The maximum Gasteiger partial charge on any atom is 0.337 e. The van der Waals surface area contributed by atoms with Crippen LogP contribution in [0.2, 0.25) is 0 Å². The lowest BCUT2D eigenvalue weighted by Crippen LogP contribution is -2.09. The molecule has 1 aromatic heterocycles. The van der Waals surface area contributed by atoms with E-state index in [4.69, 9.17) is 10.8 Å². The van der Waals surface area contributed by atoms with E-state index in [1.807, 2.05) is 18.2 Å². The van der Waals surface area contributed by atoms with Gasteiger partial charge in [-0.1, -0.05) is 0 Å². The second kappa shape index (κ2) is 6.06. The molecule has 1 aromatic carbocycles. The molecule has 0 aliphatic heterocycles. The number of aromatic carboxylic acids is 1. The Morgan fingerprint density at radius 3 is 2.70 bits per heavy atom. The molecule has 0 atom stereocenters. The second-order valence-electron chi connectivity index (χ2n) is 4.59. The van der Waals surface area contributed by atoms with Crippen molar-refractivity contribution in [2.75, 3.05) is 17.6 Å². The van der Waals surface area contributed by atoms with E-state index < -0.39 is 5.97 Å². The molecule has 0 radical (unpaired) electrons. The molecule has 0 saturated carbocycles. The van der Waals surface area contributed by atoms with Crippen molar-refractivity contribution in [2.24, 2.45) is 0 Å². The molecule has 0 amide bonds. The summed E-state index contributed by atoms with van der Waals surface area (Å²) in [7, 11) is 0. The molecule has 2 rings (SSSR count). The predicted octanol–water partition coefficient (Wildman–Crippen LogP) is 2.33. The van der Waals surface area contributed by atoms with Crippen LogP contribution in [-0.2, 0) is 6.42 Å². The van der Waals surface area contributed by atoms with Crippen molar-refractivity contribution in [3.05, 3.63) is 53.3 Å². The summed E-state index contributed by atoms with van der Waals surface area (Å²) < 4.78 is 0. The minimum absolute atomic E-state index is 0.136. The highest BCUT2D eigenvalue weighted by molar-refractivity contribution is 5.95. The summed E-state index contributed by atoms with van der Waals surface area (Å²) in [6.07, 6.45) is 4.35. The van der Waals surface area contributed by atoms with E-state index in [0.717, 1.165) is 17.7 Å². The number of carbonyl (C=O) groups is 1. The van der Waals surface area contributed by atoms with E-state index in [1.54, 1.807) is 25.4 Å². The largest absolute Gasteiger partial charge is 0.478 e. The first-order chi connectivity index (χ1) is 9.58.